The molecule has 0 bridgehead atoms. The highest BCUT2D eigenvalue weighted by Crippen LogP contribution is 2.34. The SMILES string of the molecule is COC(O)C(O)c1ccc2cccc3c2c1C=CC3. The summed E-state index contributed by atoms with van der Waals surface area (Å²) in [5.74, 6) is 0. The fourth-order valence-electron chi connectivity index (χ4n) is 2.69. The van der Waals surface area contributed by atoms with Crippen molar-refractivity contribution in [2.24, 2.45) is 0 Å². The van der Waals surface area contributed by atoms with Gasteiger partial charge in [-0.25, -0.2) is 0 Å². The molecule has 0 fully saturated rings. The topological polar surface area (TPSA) is 49.7 Å². The third kappa shape index (κ3) is 1.96. The predicted octanol–water partition coefficient (Wildman–Crippen LogP) is 2.41. The van der Waals surface area contributed by atoms with Crippen LogP contribution in [0, 0.1) is 0 Å². The lowest BCUT2D eigenvalue weighted by Crippen LogP contribution is -2.21. The third-order valence-electron chi connectivity index (χ3n) is 3.66. The lowest BCUT2D eigenvalue weighted by molar-refractivity contribution is -0.146. The molecule has 1 aliphatic carbocycles. The van der Waals surface area contributed by atoms with Crippen LogP contribution in [0.3, 0.4) is 0 Å². The molecule has 0 heterocycles. The fourth-order valence-corrected chi connectivity index (χ4v) is 2.69. The first-order valence-electron chi connectivity index (χ1n) is 6.32. The van der Waals surface area contributed by atoms with E-state index in [0.717, 1.165) is 22.8 Å². The van der Waals surface area contributed by atoms with Crippen LogP contribution in [0.15, 0.2) is 36.4 Å². The Kier molecular flexibility index (Phi) is 3.11. The average molecular weight is 256 g/mol. The maximum atomic E-state index is 10.2. The minimum Gasteiger partial charge on any atom is -0.383 e. The van der Waals surface area contributed by atoms with Crippen molar-refractivity contribution in [3.63, 3.8) is 0 Å². The molecule has 0 aromatic heterocycles. The molecule has 2 N–H and O–H groups in total. The maximum absolute atomic E-state index is 10.2. The molecule has 2 unspecified atom stereocenters. The maximum Gasteiger partial charge on any atom is 0.184 e. The van der Waals surface area contributed by atoms with E-state index >= 15 is 0 Å². The number of benzene rings is 2. The summed E-state index contributed by atoms with van der Waals surface area (Å²) in [7, 11) is 1.38. The Balaban J connectivity index is 2.23. The number of hydrogen-bond donors (Lipinski definition) is 2. The van der Waals surface area contributed by atoms with Crippen LogP contribution in [-0.4, -0.2) is 23.6 Å². The number of hydrogen-bond acceptors (Lipinski definition) is 3. The van der Waals surface area contributed by atoms with E-state index in [-0.39, 0.29) is 0 Å². The van der Waals surface area contributed by atoms with Gasteiger partial charge in [0, 0.05) is 7.11 Å². The van der Waals surface area contributed by atoms with Crippen LogP contribution in [0.25, 0.3) is 16.8 Å². The first-order valence-corrected chi connectivity index (χ1v) is 6.32. The lowest BCUT2D eigenvalue weighted by atomic mass is 9.88. The van der Waals surface area contributed by atoms with Gasteiger partial charge >= 0.3 is 0 Å². The Bertz CT molecular complexity index is 646. The molecule has 19 heavy (non-hydrogen) atoms. The zero-order chi connectivity index (χ0) is 13.4. The Morgan fingerprint density at radius 1 is 1.16 bits per heavy atom. The summed E-state index contributed by atoms with van der Waals surface area (Å²) in [5.41, 5.74) is 2.92. The normalized spacial score (nSPS) is 16.6. The van der Waals surface area contributed by atoms with E-state index in [1.165, 1.54) is 12.7 Å². The molecule has 98 valence electrons. The lowest BCUT2D eigenvalue weighted by Gasteiger charge is -2.22. The first kappa shape index (κ1) is 12.4. The van der Waals surface area contributed by atoms with Gasteiger partial charge in [0.1, 0.15) is 6.10 Å². The molecule has 3 heteroatoms. The summed E-state index contributed by atoms with van der Waals surface area (Å²) < 4.78 is 4.81. The van der Waals surface area contributed by atoms with E-state index in [9.17, 15) is 10.2 Å². The van der Waals surface area contributed by atoms with E-state index < -0.39 is 12.4 Å². The molecule has 0 aliphatic heterocycles. The van der Waals surface area contributed by atoms with Crippen molar-refractivity contribution >= 4 is 16.8 Å². The van der Waals surface area contributed by atoms with Crippen molar-refractivity contribution < 1.29 is 14.9 Å². The first-order chi connectivity index (χ1) is 9.22. The number of aliphatic hydroxyl groups excluding tert-OH is 2. The summed E-state index contributed by atoms with van der Waals surface area (Å²) >= 11 is 0. The largest absolute Gasteiger partial charge is 0.383 e. The van der Waals surface area contributed by atoms with Gasteiger partial charge in [0.25, 0.3) is 0 Å². The van der Waals surface area contributed by atoms with Gasteiger partial charge in [-0.3, -0.25) is 0 Å². The van der Waals surface area contributed by atoms with Crippen molar-refractivity contribution in [2.45, 2.75) is 18.8 Å². The van der Waals surface area contributed by atoms with Crippen LogP contribution in [-0.2, 0) is 11.2 Å². The van der Waals surface area contributed by atoms with Gasteiger partial charge in [0.05, 0.1) is 0 Å². The zero-order valence-corrected chi connectivity index (χ0v) is 10.7. The minimum absolute atomic E-state index is 0.699. The van der Waals surface area contributed by atoms with Gasteiger partial charge in [-0.15, -0.1) is 0 Å². The molecule has 3 rings (SSSR count). The van der Waals surface area contributed by atoms with Gasteiger partial charge < -0.3 is 14.9 Å². The molecule has 2 aromatic rings. The average Bonchev–Trinajstić information content (AvgIpc) is 2.47. The molecule has 0 radical (unpaired) electrons. The summed E-state index contributed by atoms with van der Waals surface area (Å²) in [6, 6.07) is 10.0. The van der Waals surface area contributed by atoms with Crippen molar-refractivity contribution in [3.05, 3.63) is 53.1 Å². The number of allylic oxidation sites excluding steroid dienone is 1. The smallest absolute Gasteiger partial charge is 0.184 e. The van der Waals surface area contributed by atoms with Gasteiger partial charge in [0.2, 0.25) is 0 Å². The molecular formula is C16H16O3. The molecule has 0 saturated heterocycles. The molecule has 3 nitrogen and oxygen atoms in total. The number of aliphatic hydroxyl groups is 2. The van der Waals surface area contributed by atoms with Gasteiger partial charge in [-0.1, -0.05) is 42.5 Å². The fraction of sp³-hybridized carbons (Fsp3) is 0.250. The standard InChI is InChI=1S/C16H16O3/c1-19-16(18)15(17)13-9-8-11-5-2-4-10-6-3-7-12(13)14(10)11/h2-5,7-9,15-18H,6H2,1H3. The van der Waals surface area contributed by atoms with E-state index in [1.807, 2.05) is 24.3 Å². The van der Waals surface area contributed by atoms with Gasteiger partial charge in [-0.2, -0.15) is 0 Å². The minimum atomic E-state index is -1.21. The van der Waals surface area contributed by atoms with Crippen LogP contribution in [0.5, 0.6) is 0 Å². The molecular weight excluding hydrogens is 240 g/mol. The second-order valence-corrected chi connectivity index (χ2v) is 4.76. The highest BCUT2D eigenvalue weighted by atomic mass is 16.6. The van der Waals surface area contributed by atoms with Crippen molar-refractivity contribution in [3.8, 4) is 0 Å². The van der Waals surface area contributed by atoms with Gasteiger partial charge in [0.15, 0.2) is 6.29 Å². The van der Waals surface area contributed by atoms with Crippen molar-refractivity contribution in [1.29, 1.82) is 0 Å². The van der Waals surface area contributed by atoms with Crippen molar-refractivity contribution in [2.75, 3.05) is 7.11 Å². The van der Waals surface area contributed by atoms with E-state index in [4.69, 9.17) is 4.74 Å². The Hall–Kier alpha value is -1.68. The zero-order valence-electron chi connectivity index (χ0n) is 10.7. The van der Waals surface area contributed by atoms with Crippen LogP contribution < -0.4 is 0 Å². The number of rotatable bonds is 3. The Morgan fingerprint density at radius 2 is 2.00 bits per heavy atom. The van der Waals surface area contributed by atoms with E-state index in [1.54, 1.807) is 0 Å². The monoisotopic (exact) mass is 256 g/mol. The van der Waals surface area contributed by atoms with Crippen LogP contribution in [0.4, 0.5) is 0 Å². The molecule has 0 amide bonds. The Labute approximate surface area is 111 Å². The summed E-state index contributed by atoms with van der Waals surface area (Å²) in [6.07, 6.45) is 2.73. The molecule has 2 atom stereocenters. The predicted molar refractivity (Wildman–Crippen MR) is 74.7 cm³/mol. The second kappa shape index (κ2) is 4.78. The van der Waals surface area contributed by atoms with Crippen LogP contribution >= 0.6 is 0 Å². The summed E-state index contributed by atoms with van der Waals surface area (Å²) in [5, 5.41) is 22.1. The Morgan fingerprint density at radius 3 is 2.79 bits per heavy atom. The summed E-state index contributed by atoms with van der Waals surface area (Å²) in [6.45, 7) is 0. The van der Waals surface area contributed by atoms with E-state index in [2.05, 4.69) is 18.2 Å². The molecule has 1 aliphatic rings. The van der Waals surface area contributed by atoms with Crippen LogP contribution in [0.1, 0.15) is 22.8 Å². The van der Waals surface area contributed by atoms with E-state index in [0.29, 0.717) is 5.56 Å². The van der Waals surface area contributed by atoms with Gasteiger partial charge in [-0.05, 0) is 33.9 Å². The highest BCUT2D eigenvalue weighted by molar-refractivity contribution is 5.96. The van der Waals surface area contributed by atoms with Crippen LogP contribution in [0.2, 0.25) is 0 Å². The number of ether oxygens (including phenoxy) is 1. The molecule has 0 saturated carbocycles. The quantitative estimate of drug-likeness (QED) is 0.829. The number of methoxy groups -OCH3 is 1. The van der Waals surface area contributed by atoms with Crippen molar-refractivity contribution in [1.82, 2.24) is 0 Å². The highest BCUT2D eigenvalue weighted by Gasteiger charge is 2.22. The second-order valence-electron chi connectivity index (χ2n) is 4.76. The summed E-state index contributed by atoms with van der Waals surface area (Å²) in [4.78, 5) is 0. The third-order valence-corrected chi connectivity index (χ3v) is 3.66. The molecule has 2 aromatic carbocycles. The molecule has 0 spiro atoms.